The molecular weight excluding hydrogens is 122 g/mol. The summed E-state index contributed by atoms with van der Waals surface area (Å²) in [5.74, 6) is 0. The average molecular weight is 131 g/mol. The van der Waals surface area contributed by atoms with Gasteiger partial charge in [-0.25, -0.2) is 0 Å². The third kappa shape index (κ3) is 166. The minimum absolute atomic E-state index is 1.22. The summed E-state index contributed by atoms with van der Waals surface area (Å²) < 4.78 is 0. The number of rotatable bonds is 0. The van der Waals surface area contributed by atoms with Crippen molar-refractivity contribution in [2.24, 2.45) is 11.0 Å². The average Bonchev–Trinajstić information content (AvgIpc) is 0.650. The molecule has 5 heteroatoms. The van der Waals surface area contributed by atoms with Crippen molar-refractivity contribution in [2.75, 3.05) is 6.66 Å². The second kappa shape index (κ2) is 1.05. The Balaban J connectivity index is 3.73. The molecule has 3 nitrogen and oxygen atoms in total. The minimum atomic E-state index is -3.58. The molecule has 0 atom stereocenters. The quantitative estimate of drug-likeness (QED) is 0.404. The molecule has 0 aliphatic heterocycles. The van der Waals surface area contributed by atoms with Gasteiger partial charge in [0, 0.05) is 0 Å². The van der Waals surface area contributed by atoms with Gasteiger partial charge in [0.05, 0.1) is 0 Å². The Morgan fingerprint density at radius 2 is 1.67 bits per heavy atom. The summed E-state index contributed by atoms with van der Waals surface area (Å²) in [4.78, 5) is 8.44. The van der Waals surface area contributed by atoms with E-state index in [-0.39, 0.29) is 0 Å². The topological polar surface area (TPSA) is 72.3 Å². The first-order valence-electron chi connectivity index (χ1n) is 1.33. The monoisotopic (exact) mass is 130 g/mol. The van der Waals surface area contributed by atoms with Crippen LogP contribution >= 0.6 is 17.7 Å². The van der Waals surface area contributed by atoms with E-state index >= 15 is 0 Å². The standard InChI is InChI=1S/CH8ClN2OP/c1-6(2,3,4)5/h5H,3-4H2,1H3. The molecule has 0 fully saturated rings. The molecule has 0 heterocycles. The van der Waals surface area contributed by atoms with Crippen molar-refractivity contribution < 1.29 is 4.89 Å². The zero-order valence-corrected chi connectivity index (χ0v) is 5.08. The van der Waals surface area contributed by atoms with Crippen LogP contribution in [-0.2, 0) is 0 Å². The van der Waals surface area contributed by atoms with Crippen LogP contribution in [0.5, 0.6) is 0 Å². The second-order valence-corrected chi connectivity index (χ2v) is 7.25. The van der Waals surface area contributed by atoms with Crippen molar-refractivity contribution >= 4 is 17.7 Å². The number of halogens is 1. The molecule has 0 aliphatic rings. The van der Waals surface area contributed by atoms with Gasteiger partial charge in [0.15, 0.2) is 0 Å². The van der Waals surface area contributed by atoms with Gasteiger partial charge < -0.3 is 0 Å². The maximum atomic E-state index is 8.44. The summed E-state index contributed by atoms with van der Waals surface area (Å²) in [7, 11) is 0. The van der Waals surface area contributed by atoms with Gasteiger partial charge in [-0.05, 0) is 0 Å². The molecule has 0 aliphatic carbocycles. The van der Waals surface area contributed by atoms with E-state index in [1.807, 2.05) is 0 Å². The zero-order valence-electron chi connectivity index (χ0n) is 3.43. The number of hydrogen-bond acceptors (Lipinski definition) is 3. The molecule has 0 saturated heterocycles. The summed E-state index contributed by atoms with van der Waals surface area (Å²) in [5.41, 5.74) is 9.65. The Kier molecular flexibility index (Phi) is 1.16. The Bertz CT molecular complexity index is 46.7. The van der Waals surface area contributed by atoms with Gasteiger partial charge in [-0.1, -0.05) is 0 Å². The predicted molar refractivity (Wildman–Crippen MR) is 29.3 cm³/mol. The van der Waals surface area contributed by atoms with Crippen LogP contribution < -0.4 is 11.0 Å². The first kappa shape index (κ1) is 6.60. The molecule has 0 aromatic rings. The molecule has 40 valence electrons. The molecule has 0 unspecified atom stereocenters. The van der Waals surface area contributed by atoms with Crippen LogP contribution in [0.4, 0.5) is 0 Å². The second-order valence-electron chi connectivity index (χ2n) is 1.54. The Morgan fingerprint density at radius 1 is 1.67 bits per heavy atom. The van der Waals surface area contributed by atoms with Crippen LogP contribution in [0.15, 0.2) is 0 Å². The Morgan fingerprint density at radius 3 is 1.67 bits per heavy atom. The van der Waals surface area contributed by atoms with Crippen LogP contribution in [-0.4, -0.2) is 11.6 Å². The van der Waals surface area contributed by atoms with Gasteiger partial charge in [0.25, 0.3) is 0 Å². The van der Waals surface area contributed by atoms with E-state index in [0.717, 1.165) is 0 Å². The van der Waals surface area contributed by atoms with E-state index in [2.05, 4.69) is 0 Å². The molecule has 6 heavy (non-hydrogen) atoms. The van der Waals surface area contributed by atoms with E-state index in [4.69, 9.17) is 27.1 Å². The Hall–Kier alpha value is 0.600. The van der Waals surface area contributed by atoms with Crippen molar-refractivity contribution in [1.29, 1.82) is 0 Å². The van der Waals surface area contributed by atoms with Gasteiger partial charge in [-0.2, -0.15) is 0 Å². The van der Waals surface area contributed by atoms with E-state index in [0.29, 0.717) is 0 Å². The first-order chi connectivity index (χ1) is 2.24. The normalized spacial score (nSPS) is 19.2. The van der Waals surface area contributed by atoms with Crippen molar-refractivity contribution in [3.8, 4) is 0 Å². The maximum absolute atomic E-state index is 8.44. The fourth-order valence-electron chi connectivity index (χ4n) is 0. The van der Waals surface area contributed by atoms with Crippen LogP contribution in [0.25, 0.3) is 0 Å². The molecule has 0 saturated carbocycles. The molecule has 0 aromatic heterocycles. The van der Waals surface area contributed by atoms with Crippen molar-refractivity contribution in [1.82, 2.24) is 0 Å². The summed E-state index contributed by atoms with van der Waals surface area (Å²) in [6.45, 7) is -2.36. The summed E-state index contributed by atoms with van der Waals surface area (Å²) in [5, 5.41) is 0. The fourth-order valence-corrected chi connectivity index (χ4v) is 0. The number of hydrogen-bond donors (Lipinski definition) is 3. The SMILES string of the molecule is CP(N)(N)(O)Cl. The summed E-state index contributed by atoms with van der Waals surface area (Å²) in [6, 6.07) is 0. The third-order valence-corrected chi connectivity index (χ3v) is 0. The van der Waals surface area contributed by atoms with Gasteiger partial charge in [-0.15, -0.1) is 0 Å². The molecular formula is CH8ClN2OP. The third-order valence-electron chi connectivity index (χ3n) is 0. The predicted octanol–water partition coefficient (Wildman–Crippen LogP) is -0.0220. The molecule has 0 radical (unpaired) electrons. The molecule has 0 rings (SSSR count). The van der Waals surface area contributed by atoms with Gasteiger partial charge >= 0.3 is 40.3 Å². The first-order valence-corrected chi connectivity index (χ1v) is 5.01. The zero-order chi connectivity index (χ0) is 5.45. The van der Waals surface area contributed by atoms with E-state index in [1.165, 1.54) is 6.66 Å². The van der Waals surface area contributed by atoms with Crippen molar-refractivity contribution in [3.63, 3.8) is 0 Å². The van der Waals surface area contributed by atoms with Gasteiger partial charge in [-0.3, -0.25) is 0 Å². The van der Waals surface area contributed by atoms with Crippen LogP contribution in [0.3, 0.4) is 0 Å². The van der Waals surface area contributed by atoms with Crippen molar-refractivity contribution in [3.05, 3.63) is 0 Å². The van der Waals surface area contributed by atoms with Crippen LogP contribution in [0, 0.1) is 0 Å². The Labute approximate surface area is 41.2 Å². The van der Waals surface area contributed by atoms with E-state index in [9.17, 15) is 0 Å². The molecule has 5 N–H and O–H groups in total. The molecule has 0 amide bonds. The van der Waals surface area contributed by atoms with E-state index in [1.54, 1.807) is 0 Å². The van der Waals surface area contributed by atoms with Crippen LogP contribution in [0.2, 0.25) is 0 Å². The van der Waals surface area contributed by atoms with Gasteiger partial charge in [0.1, 0.15) is 0 Å². The van der Waals surface area contributed by atoms with Gasteiger partial charge in [0.2, 0.25) is 0 Å². The molecule has 0 aromatic carbocycles. The van der Waals surface area contributed by atoms with E-state index < -0.39 is 6.48 Å². The van der Waals surface area contributed by atoms with Crippen LogP contribution in [0.1, 0.15) is 0 Å². The summed E-state index contributed by atoms with van der Waals surface area (Å²) >= 11 is 5.03. The molecule has 0 spiro atoms. The fraction of sp³-hybridized carbons (Fsp3) is 1.00. The number of nitrogens with two attached hydrogens (primary N) is 2. The summed E-state index contributed by atoms with van der Waals surface area (Å²) in [6.07, 6.45) is 0. The molecule has 0 bridgehead atoms. The van der Waals surface area contributed by atoms with Crippen molar-refractivity contribution in [2.45, 2.75) is 0 Å².